The topological polar surface area (TPSA) is 9.23 Å². The molecule has 1 nitrogen and oxygen atoms in total. The van der Waals surface area contributed by atoms with Crippen LogP contribution in [0.5, 0.6) is 0 Å². The minimum absolute atomic E-state index is 0.117. The van der Waals surface area contributed by atoms with Crippen LogP contribution in [0, 0.1) is 0 Å². The zero-order valence-corrected chi connectivity index (χ0v) is 10.9. The van der Waals surface area contributed by atoms with Crippen molar-refractivity contribution in [1.29, 1.82) is 0 Å². The third kappa shape index (κ3) is 5.27. The normalized spacial score (nSPS) is 13.6. The summed E-state index contributed by atoms with van der Waals surface area (Å²) in [5.41, 5.74) is 0.172. The van der Waals surface area contributed by atoms with E-state index in [2.05, 4.69) is 0 Å². The van der Waals surface area contributed by atoms with Gasteiger partial charge in [0.05, 0.1) is 5.56 Å². The molecule has 0 aliphatic heterocycles. The molecular formula is C13H16ClF3O. The molecule has 0 aromatic heterocycles. The Labute approximate surface area is 110 Å². The first-order chi connectivity index (χ1) is 8.43. The molecule has 0 aliphatic rings. The van der Waals surface area contributed by atoms with E-state index in [0.717, 1.165) is 17.7 Å². The fourth-order valence-electron chi connectivity index (χ4n) is 1.54. The molecule has 1 rings (SSSR count). The Hall–Kier alpha value is -0.740. The maximum atomic E-state index is 12.3. The van der Waals surface area contributed by atoms with Crippen molar-refractivity contribution in [2.45, 2.75) is 31.3 Å². The highest BCUT2D eigenvalue weighted by molar-refractivity contribution is 6.20. The van der Waals surface area contributed by atoms with Gasteiger partial charge in [-0.3, -0.25) is 0 Å². The number of halogens is 4. The van der Waals surface area contributed by atoms with Gasteiger partial charge in [-0.25, -0.2) is 0 Å². The first-order valence-electron chi connectivity index (χ1n) is 5.81. The first kappa shape index (κ1) is 15.3. The van der Waals surface area contributed by atoms with Crippen LogP contribution in [0.2, 0.25) is 0 Å². The predicted octanol–water partition coefficient (Wildman–Crippen LogP) is 4.28. The van der Waals surface area contributed by atoms with Crippen LogP contribution >= 0.6 is 11.6 Å². The van der Waals surface area contributed by atoms with E-state index >= 15 is 0 Å². The lowest BCUT2D eigenvalue weighted by molar-refractivity contribution is -0.137. The molecule has 0 amide bonds. The van der Waals surface area contributed by atoms with Crippen molar-refractivity contribution in [1.82, 2.24) is 0 Å². The molecule has 0 spiro atoms. The van der Waals surface area contributed by atoms with E-state index in [4.69, 9.17) is 16.3 Å². The molecule has 1 aromatic carbocycles. The van der Waals surface area contributed by atoms with Gasteiger partial charge in [0.1, 0.15) is 0 Å². The van der Waals surface area contributed by atoms with Crippen molar-refractivity contribution in [3.63, 3.8) is 0 Å². The average Bonchev–Trinajstić information content (AvgIpc) is 2.29. The fraction of sp³-hybridized carbons (Fsp3) is 0.538. The summed E-state index contributed by atoms with van der Waals surface area (Å²) in [6.45, 7) is 3.12. The third-order valence-electron chi connectivity index (χ3n) is 2.52. The van der Waals surface area contributed by atoms with Gasteiger partial charge in [-0.1, -0.05) is 12.1 Å². The Bertz CT molecular complexity index is 348. The standard InChI is InChI=1S/C13H16ClF3O/c1-2-18-8-7-12(14)9-10-3-5-11(6-4-10)13(15,16)17/h3-6,12H,2,7-9H2,1H3. The largest absolute Gasteiger partial charge is 0.416 e. The summed E-state index contributed by atoms with van der Waals surface area (Å²) in [7, 11) is 0. The molecule has 18 heavy (non-hydrogen) atoms. The average molecular weight is 281 g/mol. The molecule has 1 unspecified atom stereocenters. The van der Waals surface area contributed by atoms with E-state index in [-0.39, 0.29) is 5.38 Å². The van der Waals surface area contributed by atoms with E-state index in [1.165, 1.54) is 12.1 Å². The maximum Gasteiger partial charge on any atom is 0.416 e. The number of benzene rings is 1. The molecular weight excluding hydrogens is 265 g/mol. The van der Waals surface area contributed by atoms with Gasteiger partial charge in [0.15, 0.2) is 0 Å². The third-order valence-corrected chi connectivity index (χ3v) is 2.89. The van der Waals surface area contributed by atoms with Gasteiger partial charge >= 0.3 is 6.18 Å². The Morgan fingerprint density at radius 3 is 2.33 bits per heavy atom. The Morgan fingerprint density at radius 2 is 1.83 bits per heavy atom. The Balaban J connectivity index is 2.48. The zero-order valence-electron chi connectivity index (χ0n) is 10.1. The first-order valence-corrected chi connectivity index (χ1v) is 6.25. The van der Waals surface area contributed by atoms with Crippen molar-refractivity contribution in [2.75, 3.05) is 13.2 Å². The number of hydrogen-bond acceptors (Lipinski definition) is 1. The van der Waals surface area contributed by atoms with Crippen LogP contribution in [-0.2, 0) is 17.3 Å². The summed E-state index contributed by atoms with van der Waals surface area (Å²) in [5, 5.41) is -0.117. The second-order valence-corrected chi connectivity index (χ2v) is 4.60. The molecule has 0 heterocycles. The lowest BCUT2D eigenvalue weighted by Crippen LogP contribution is -2.09. The highest BCUT2D eigenvalue weighted by Crippen LogP contribution is 2.29. The second kappa shape index (κ2) is 7.00. The lowest BCUT2D eigenvalue weighted by Gasteiger charge is -2.11. The van der Waals surface area contributed by atoms with Crippen LogP contribution in [0.1, 0.15) is 24.5 Å². The maximum absolute atomic E-state index is 12.3. The molecule has 1 aromatic rings. The lowest BCUT2D eigenvalue weighted by atomic mass is 10.1. The minimum atomic E-state index is -4.28. The number of alkyl halides is 4. The molecule has 0 N–H and O–H groups in total. The monoisotopic (exact) mass is 280 g/mol. The van der Waals surface area contributed by atoms with Gasteiger partial charge in [0.2, 0.25) is 0 Å². The van der Waals surface area contributed by atoms with Crippen molar-refractivity contribution < 1.29 is 17.9 Å². The molecule has 1 atom stereocenters. The fourth-order valence-corrected chi connectivity index (χ4v) is 1.81. The summed E-state index contributed by atoms with van der Waals surface area (Å²) < 4.78 is 42.2. The summed E-state index contributed by atoms with van der Waals surface area (Å²) in [5.74, 6) is 0. The molecule has 0 aliphatic carbocycles. The van der Waals surface area contributed by atoms with Crippen LogP contribution in [0.25, 0.3) is 0 Å². The summed E-state index contributed by atoms with van der Waals surface area (Å²) in [6, 6.07) is 5.11. The van der Waals surface area contributed by atoms with E-state index in [1.54, 1.807) is 0 Å². The SMILES string of the molecule is CCOCCC(Cl)Cc1ccc(C(F)(F)F)cc1. The second-order valence-electron chi connectivity index (χ2n) is 3.98. The number of hydrogen-bond donors (Lipinski definition) is 0. The van der Waals surface area contributed by atoms with Crippen LogP contribution in [-0.4, -0.2) is 18.6 Å². The molecule has 0 bridgehead atoms. The molecule has 0 saturated heterocycles. The molecule has 0 radical (unpaired) electrons. The number of rotatable bonds is 6. The van der Waals surface area contributed by atoms with Gasteiger partial charge in [0, 0.05) is 18.6 Å². The molecule has 5 heteroatoms. The summed E-state index contributed by atoms with van der Waals surface area (Å²) in [6.07, 6.45) is -3.04. The van der Waals surface area contributed by atoms with Crippen molar-refractivity contribution in [2.24, 2.45) is 0 Å². The van der Waals surface area contributed by atoms with Gasteiger partial charge in [-0.05, 0) is 37.5 Å². The van der Waals surface area contributed by atoms with Crippen molar-refractivity contribution >= 4 is 11.6 Å². The minimum Gasteiger partial charge on any atom is -0.382 e. The quantitative estimate of drug-likeness (QED) is 0.558. The van der Waals surface area contributed by atoms with Crippen LogP contribution in [0.4, 0.5) is 13.2 Å². The predicted molar refractivity (Wildman–Crippen MR) is 65.9 cm³/mol. The van der Waals surface area contributed by atoms with Crippen LogP contribution in [0.3, 0.4) is 0 Å². The summed E-state index contributed by atoms with van der Waals surface area (Å²) in [4.78, 5) is 0. The highest BCUT2D eigenvalue weighted by atomic mass is 35.5. The van der Waals surface area contributed by atoms with Gasteiger partial charge in [-0.15, -0.1) is 11.6 Å². The molecule has 102 valence electrons. The van der Waals surface area contributed by atoms with E-state index in [1.807, 2.05) is 6.92 Å². The van der Waals surface area contributed by atoms with Gasteiger partial charge in [-0.2, -0.15) is 13.2 Å². The molecule has 0 fully saturated rings. The van der Waals surface area contributed by atoms with Crippen LogP contribution in [0.15, 0.2) is 24.3 Å². The summed E-state index contributed by atoms with van der Waals surface area (Å²) >= 11 is 6.08. The Kier molecular flexibility index (Phi) is 5.96. The van der Waals surface area contributed by atoms with E-state index in [9.17, 15) is 13.2 Å². The highest BCUT2D eigenvalue weighted by Gasteiger charge is 2.29. The van der Waals surface area contributed by atoms with E-state index < -0.39 is 11.7 Å². The number of ether oxygens (including phenoxy) is 1. The smallest absolute Gasteiger partial charge is 0.382 e. The Morgan fingerprint density at radius 1 is 1.22 bits per heavy atom. The van der Waals surface area contributed by atoms with E-state index in [0.29, 0.717) is 26.1 Å². The van der Waals surface area contributed by atoms with Gasteiger partial charge < -0.3 is 4.74 Å². The van der Waals surface area contributed by atoms with Crippen molar-refractivity contribution in [3.05, 3.63) is 35.4 Å². The zero-order chi connectivity index (χ0) is 13.6. The van der Waals surface area contributed by atoms with Crippen molar-refractivity contribution in [3.8, 4) is 0 Å². The molecule has 0 saturated carbocycles. The van der Waals surface area contributed by atoms with Gasteiger partial charge in [0.25, 0.3) is 0 Å². The van der Waals surface area contributed by atoms with Crippen LogP contribution < -0.4 is 0 Å².